The van der Waals surface area contributed by atoms with Crippen molar-refractivity contribution in [1.82, 2.24) is 5.32 Å². The molecule has 0 heterocycles. The Morgan fingerprint density at radius 2 is 1.67 bits per heavy atom. The lowest BCUT2D eigenvalue weighted by Gasteiger charge is -2.23. The van der Waals surface area contributed by atoms with E-state index in [9.17, 15) is 0 Å². The highest BCUT2D eigenvalue weighted by Crippen LogP contribution is 2.32. The number of benzene rings is 2. The molecule has 0 amide bonds. The molecule has 2 heteroatoms. The fourth-order valence-electron chi connectivity index (χ4n) is 2.75. The second-order valence-corrected chi connectivity index (χ2v) is 5.91. The van der Waals surface area contributed by atoms with Crippen LogP contribution in [0.1, 0.15) is 47.7 Å². The van der Waals surface area contributed by atoms with Crippen molar-refractivity contribution < 1.29 is 0 Å². The molecule has 1 atom stereocenters. The van der Waals surface area contributed by atoms with Crippen LogP contribution in [0.15, 0.2) is 36.4 Å². The Hall–Kier alpha value is -1.31. The van der Waals surface area contributed by atoms with Gasteiger partial charge < -0.3 is 5.32 Å². The van der Waals surface area contributed by atoms with Crippen LogP contribution in [0.3, 0.4) is 0 Å². The van der Waals surface area contributed by atoms with Gasteiger partial charge in [-0.3, -0.25) is 0 Å². The number of aryl methyl sites for hydroxylation is 3. The minimum atomic E-state index is 0.151. The third-order valence-electron chi connectivity index (χ3n) is 4.08. The van der Waals surface area contributed by atoms with Crippen molar-refractivity contribution in [3.63, 3.8) is 0 Å². The average molecular weight is 302 g/mol. The molecule has 0 aliphatic heterocycles. The van der Waals surface area contributed by atoms with E-state index in [2.05, 4.69) is 69.4 Å². The van der Waals surface area contributed by atoms with Crippen LogP contribution >= 0.6 is 11.6 Å². The molecule has 0 bridgehead atoms. The maximum Gasteiger partial charge on any atom is 0.0594 e. The molecule has 2 rings (SSSR count). The fraction of sp³-hybridized carbons (Fsp3) is 0.368. The Kier molecular flexibility index (Phi) is 5.44. The Labute approximate surface area is 133 Å². The van der Waals surface area contributed by atoms with Crippen LogP contribution < -0.4 is 5.32 Å². The molecule has 0 aliphatic carbocycles. The molecule has 0 fully saturated rings. The highest BCUT2D eigenvalue weighted by molar-refractivity contribution is 6.31. The number of hydrogen-bond donors (Lipinski definition) is 1. The lowest BCUT2D eigenvalue weighted by molar-refractivity contribution is 0.625. The summed E-state index contributed by atoms with van der Waals surface area (Å²) >= 11 is 6.54. The van der Waals surface area contributed by atoms with E-state index in [1.165, 1.54) is 27.8 Å². The van der Waals surface area contributed by atoms with Crippen molar-refractivity contribution >= 4 is 11.6 Å². The summed E-state index contributed by atoms with van der Waals surface area (Å²) in [5.41, 5.74) is 6.39. The van der Waals surface area contributed by atoms with Crippen molar-refractivity contribution in [1.29, 1.82) is 0 Å². The maximum atomic E-state index is 6.54. The number of nitrogens with one attached hydrogen (secondary N) is 1. The van der Waals surface area contributed by atoms with Crippen LogP contribution in [0, 0.1) is 13.8 Å². The molecule has 0 saturated heterocycles. The molecule has 0 aromatic heterocycles. The van der Waals surface area contributed by atoms with Gasteiger partial charge in [-0.25, -0.2) is 0 Å². The summed E-state index contributed by atoms with van der Waals surface area (Å²) in [4.78, 5) is 0. The smallest absolute Gasteiger partial charge is 0.0594 e. The van der Waals surface area contributed by atoms with Crippen molar-refractivity contribution in [3.8, 4) is 0 Å². The largest absolute Gasteiger partial charge is 0.306 e. The van der Waals surface area contributed by atoms with Crippen molar-refractivity contribution in [2.45, 2.75) is 40.2 Å². The van der Waals surface area contributed by atoms with Crippen molar-refractivity contribution in [2.24, 2.45) is 0 Å². The summed E-state index contributed by atoms with van der Waals surface area (Å²) in [6, 6.07) is 13.1. The van der Waals surface area contributed by atoms with E-state index >= 15 is 0 Å². The summed E-state index contributed by atoms with van der Waals surface area (Å²) in [5.74, 6) is 0. The fourth-order valence-corrected chi connectivity index (χ4v) is 3.08. The van der Waals surface area contributed by atoms with E-state index in [4.69, 9.17) is 11.6 Å². The Balaban J connectivity index is 2.56. The Bertz CT molecular complexity index is 619. The van der Waals surface area contributed by atoms with Crippen molar-refractivity contribution in [2.75, 3.05) is 6.54 Å². The minimum absolute atomic E-state index is 0.151. The molecule has 1 unspecified atom stereocenters. The zero-order valence-electron chi connectivity index (χ0n) is 13.3. The predicted molar refractivity (Wildman–Crippen MR) is 92.3 cm³/mol. The van der Waals surface area contributed by atoms with Gasteiger partial charge in [-0.2, -0.15) is 0 Å². The van der Waals surface area contributed by atoms with Crippen LogP contribution in [0.25, 0.3) is 0 Å². The summed E-state index contributed by atoms with van der Waals surface area (Å²) in [6.07, 6.45) is 1.03. The van der Waals surface area contributed by atoms with Gasteiger partial charge in [0.2, 0.25) is 0 Å². The van der Waals surface area contributed by atoms with Crippen LogP contribution in [-0.4, -0.2) is 6.54 Å². The minimum Gasteiger partial charge on any atom is -0.306 e. The van der Waals surface area contributed by atoms with Gasteiger partial charge in [0.25, 0.3) is 0 Å². The van der Waals surface area contributed by atoms with Gasteiger partial charge in [-0.1, -0.05) is 55.8 Å². The van der Waals surface area contributed by atoms with E-state index in [0.717, 1.165) is 18.0 Å². The Morgan fingerprint density at radius 3 is 2.33 bits per heavy atom. The SMILES string of the molecule is CCNC(c1cc(C)c(C)cc1Cl)c1ccccc1CC. The first-order valence-corrected chi connectivity index (χ1v) is 8.04. The molecule has 0 spiro atoms. The molecule has 0 saturated carbocycles. The molecule has 112 valence electrons. The van der Waals surface area contributed by atoms with Gasteiger partial charge in [0.05, 0.1) is 6.04 Å². The lowest BCUT2D eigenvalue weighted by Crippen LogP contribution is -2.23. The maximum absolute atomic E-state index is 6.54. The topological polar surface area (TPSA) is 12.0 Å². The highest BCUT2D eigenvalue weighted by atomic mass is 35.5. The number of hydrogen-bond acceptors (Lipinski definition) is 1. The zero-order valence-corrected chi connectivity index (χ0v) is 14.1. The molecule has 0 radical (unpaired) electrons. The number of halogens is 1. The van der Waals surface area contributed by atoms with Gasteiger partial charge >= 0.3 is 0 Å². The molecule has 2 aromatic carbocycles. The third-order valence-corrected chi connectivity index (χ3v) is 4.41. The summed E-state index contributed by atoms with van der Waals surface area (Å²) in [6.45, 7) is 9.49. The van der Waals surface area contributed by atoms with Gasteiger partial charge in [0.1, 0.15) is 0 Å². The molecule has 2 aromatic rings. The molecular formula is C19H24ClN. The summed E-state index contributed by atoms with van der Waals surface area (Å²) in [7, 11) is 0. The lowest BCUT2D eigenvalue weighted by atomic mass is 9.91. The van der Waals surface area contributed by atoms with E-state index < -0.39 is 0 Å². The van der Waals surface area contributed by atoms with Crippen molar-refractivity contribution in [3.05, 3.63) is 69.2 Å². The third kappa shape index (κ3) is 3.48. The van der Waals surface area contributed by atoms with E-state index in [1.807, 2.05) is 0 Å². The van der Waals surface area contributed by atoms with Gasteiger partial charge in [-0.05, 0) is 60.7 Å². The summed E-state index contributed by atoms with van der Waals surface area (Å²) < 4.78 is 0. The molecule has 1 N–H and O–H groups in total. The summed E-state index contributed by atoms with van der Waals surface area (Å²) in [5, 5.41) is 4.44. The molecule has 0 aliphatic rings. The second-order valence-electron chi connectivity index (χ2n) is 5.50. The quantitative estimate of drug-likeness (QED) is 0.798. The normalized spacial score (nSPS) is 12.4. The van der Waals surface area contributed by atoms with Crippen LogP contribution in [0.4, 0.5) is 0 Å². The van der Waals surface area contributed by atoms with Crippen LogP contribution in [0.5, 0.6) is 0 Å². The monoisotopic (exact) mass is 301 g/mol. The molecular weight excluding hydrogens is 278 g/mol. The first-order valence-electron chi connectivity index (χ1n) is 7.66. The first kappa shape index (κ1) is 16.1. The highest BCUT2D eigenvalue weighted by Gasteiger charge is 2.19. The molecule has 1 nitrogen and oxygen atoms in total. The van der Waals surface area contributed by atoms with E-state index in [1.54, 1.807) is 0 Å². The van der Waals surface area contributed by atoms with E-state index in [-0.39, 0.29) is 6.04 Å². The Morgan fingerprint density at radius 1 is 1.00 bits per heavy atom. The van der Waals surface area contributed by atoms with Crippen LogP contribution in [-0.2, 0) is 6.42 Å². The second kappa shape index (κ2) is 7.11. The van der Waals surface area contributed by atoms with Gasteiger partial charge in [-0.15, -0.1) is 0 Å². The van der Waals surface area contributed by atoms with E-state index in [0.29, 0.717) is 0 Å². The van der Waals surface area contributed by atoms with Gasteiger partial charge in [0, 0.05) is 5.02 Å². The zero-order chi connectivity index (χ0) is 15.4. The number of rotatable bonds is 5. The predicted octanol–water partition coefficient (Wildman–Crippen LogP) is 5.22. The van der Waals surface area contributed by atoms with Crippen LogP contribution in [0.2, 0.25) is 5.02 Å². The average Bonchev–Trinajstić information content (AvgIpc) is 2.49. The molecule has 21 heavy (non-hydrogen) atoms. The first-order chi connectivity index (χ1) is 10.1. The standard InChI is InChI=1S/C19H24ClN/c1-5-15-9-7-8-10-16(15)19(21-6-2)17-11-13(3)14(4)12-18(17)20/h7-12,19,21H,5-6H2,1-4H3. The van der Waals surface area contributed by atoms with Gasteiger partial charge in [0.15, 0.2) is 0 Å².